The van der Waals surface area contributed by atoms with Gasteiger partial charge in [0, 0.05) is 38.4 Å². The second-order valence-electron chi connectivity index (χ2n) is 9.52. The topological polar surface area (TPSA) is 55.9 Å². The summed E-state index contributed by atoms with van der Waals surface area (Å²) < 4.78 is 0. The zero-order chi connectivity index (χ0) is 22.1. The first-order chi connectivity index (χ1) is 15.6. The molecule has 2 aromatic carbocycles. The van der Waals surface area contributed by atoms with Gasteiger partial charge in [-0.1, -0.05) is 36.4 Å². The average molecular weight is 433 g/mol. The normalized spacial score (nSPS) is 21.6. The Morgan fingerprint density at radius 1 is 0.844 bits per heavy atom. The molecule has 1 atom stereocenters. The molecule has 2 fully saturated rings. The lowest BCUT2D eigenvalue weighted by atomic mass is 9.89. The molecule has 3 aliphatic rings. The SMILES string of the molecule is CN1CCC(C(=O)N2CCC(c3ccc(NC(=O)N4Cc5ccccc5C4)cc3)CC2)C1. The summed E-state index contributed by atoms with van der Waals surface area (Å²) in [5, 5.41) is 3.04. The van der Waals surface area contributed by atoms with Crippen LogP contribution < -0.4 is 5.32 Å². The summed E-state index contributed by atoms with van der Waals surface area (Å²) in [7, 11) is 2.09. The van der Waals surface area contributed by atoms with E-state index in [4.69, 9.17) is 0 Å². The fourth-order valence-corrected chi connectivity index (χ4v) is 5.35. The number of piperidine rings is 1. The van der Waals surface area contributed by atoms with Gasteiger partial charge in [0.1, 0.15) is 0 Å². The number of rotatable bonds is 3. The molecule has 0 aliphatic carbocycles. The smallest absolute Gasteiger partial charge is 0.322 e. The van der Waals surface area contributed by atoms with Gasteiger partial charge in [-0.3, -0.25) is 4.79 Å². The minimum atomic E-state index is -0.0571. The molecular weight excluding hydrogens is 400 g/mol. The maximum absolute atomic E-state index is 12.8. The van der Waals surface area contributed by atoms with Crippen molar-refractivity contribution in [2.75, 3.05) is 38.5 Å². The lowest BCUT2D eigenvalue weighted by Gasteiger charge is -2.34. The van der Waals surface area contributed by atoms with Crippen LogP contribution in [0.2, 0.25) is 0 Å². The Morgan fingerprint density at radius 2 is 1.50 bits per heavy atom. The van der Waals surface area contributed by atoms with E-state index in [1.165, 1.54) is 16.7 Å². The van der Waals surface area contributed by atoms with E-state index in [2.05, 4.69) is 46.4 Å². The Morgan fingerprint density at radius 3 is 2.09 bits per heavy atom. The van der Waals surface area contributed by atoms with Crippen molar-refractivity contribution in [1.29, 1.82) is 0 Å². The number of benzene rings is 2. The summed E-state index contributed by atoms with van der Waals surface area (Å²) >= 11 is 0. The van der Waals surface area contributed by atoms with E-state index in [-0.39, 0.29) is 11.9 Å². The van der Waals surface area contributed by atoms with Gasteiger partial charge in [0.2, 0.25) is 5.91 Å². The number of carbonyl (C=O) groups is 2. The van der Waals surface area contributed by atoms with Gasteiger partial charge < -0.3 is 20.0 Å². The van der Waals surface area contributed by atoms with Crippen LogP contribution in [0.25, 0.3) is 0 Å². The Hall–Kier alpha value is -2.86. The summed E-state index contributed by atoms with van der Waals surface area (Å²) in [6, 6.07) is 16.4. The molecule has 6 nitrogen and oxygen atoms in total. The summed E-state index contributed by atoms with van der Waals surface area (Å²) in [4.78, 5) is 31.6. The van der Waals surface area contributed by atoms with Gasteiger partial charge in [0.05, 0.1) is 5.92 Å². The number of fused-ring (bicyclic) bond motifs is 1. The van der Waals surface area contributed by atoms with Crippen LogP contribution in [0.1, 0.15) is 41.9 Å². The van der Waals surface area contributed by atoms with E-state index < -0.39 is 0 Å². The Labute approximate surface area is 190 Å². The van der Waals surface area contributed by atoms with Crippen molar-refractivity contribution in [3.8, 4) is 0 Å². The predicted octanol–water partition coefficient (Wildman–Crippen LogP) is 3.89. The highest BCUT2D eigenvalue weighted by Crippen LogP contribution is 2.30. The molecule has 3 aliphatic heterocycles. The number of anilines is 1. The largest absolute Gasteiger partial charge is 0.342 e. The second kappa shape index (κ2) is 8.94. The number of hydrogen-bond donors (Lipinski definition) is 1. The molecule has 0 spiro atoms. The number of amides is 3. The first kappa shape index (κ1) is 21.0. The molecular formula is C26H32N4O2. The number of likely N-dealkylation sites (tertiary alicyclic amines) is 2. The second-order valence-corrected chi connectivity index (χ2v) is 9.52. The maximum atomic E-state index is 12.8. The minimum absolute atomic E-state index is 0.0571. The van der Waals surface area contributed by atoms with E-state index in [0.717, 1.165) is 51.1 Å². The highest BCUT2D eigenvalue weighted by molar-refractivity contribution is 5.89. The molecule has 5 rings (SSSR count). The van der Waals surface area contributed by atoms with Crippen LogP contribution in [0, 0.1) is 5.92 Å². The maximum Gasteiger partial charge on any atom is 0.322 e. The molecule has 0 saturated carbocycles. The molecule has 3 amide bonds. The number of nitrogens with one attached hydrogen (secondary N) is 1. The summed E-state index contributed by atoms with van der Waals surface area (Å²) in [6.45, 7) is 4.94. The van der Waals surface area contributed by atoms with Crippen LogP contribution in [-0.2, 0) is 17.9 Å². The number of carbonyl (C=O) groups excluding carboxylic acids is 2. The first-order valence-corrected chi connectivity index (χ1v) is 11.8. The molecule has 168 valence electrons. The predicted molar refractivity (Wildman–Crippen MR) is 125 cm³/mol. The third-order valence-corrected chi connectivity index (χ3v) is 7.31. The quantitative estimate of drug-likeness (QED) is 0.801. The van der Waals surface area contributed by atoms with Gasteiger partial charge in [0.15, 0.2) is 0 Å². The standard InChI is InChI=1S/C26H32N4O2/c1-28-13-10-23(16-28)25(31)29-14-11-20(12-15-29)19-6-8-24(9-7-19)27-26(32)30-17-21-4-2-3-5-22(21)18-30/h2-9,20,23H,10-18H2,1H3,(H,27,32). The van der Waals surface area contributed by atoms with Crippen LogP contribution in [0.4, 0.5) is 10.5 Å². The van der Waals surface area contributed by atoms with E-state index in [1.807, 2.05) is 29.2 Å². The van der Waals surface area contributed by atoms with Crippen molar-refractivity contribution in [3.63, 3.8) is 0 Å². The lowest BCUT2D eigenvalue weighted by molar-refractivity contribution is -0.136. The van der Waals surface area contributed by atoms with Crippen LogP contribution in [0.15, 0.2) is 48.5 Å². The van der Waals surface area contributed by atoms with E-state index in [0.29, 0.717) is 24.9 Å². The Balaban J connectivity index is 1.12. The van der Waals surface area contributed by atoms with Crippen LogP contribution >= 0.6 is 0 Å². The van der Waals surface area contributed by atoms with Gasteiger partial charge in [-0.15, -0.1) is 0 Å². The molecule has 3 heterocycles. The average Bonchev–Trinajstić information content (AvgIpc) is 3.45. The first-order valence-electron chi connectivity index (χ1n) is 11.8. The van der Waals surface area contributed by atoms with Crippen LogP contribution in [-0.4, -0.2) is 59.9 Å². The van der Waals surface area contributed by atoms with Crippen molar-refractivity contribution in [3.05, 3.63) is 65.2 Å². The third kappa shape index (κ3) is 4.37. The molecule has 0 bridgehead atoms. The van der Waals surface area contributed by atoms with Crippen molar-refractivity contribution in [2.24, 2.45) is 5.92 Å². The molecule has 0 radical (unpaired) electrons. The van der Waals surface area contributed by atoms with E-state index in [9.17, 15) is 9.59 Å². The zero-order valence-electron chi connectivity index (χ0n) is 18.8. The van der Waals surface area contributed by atoms with Crippen molar-refractivity contribution in [1.82, 2.24) is 14.7 Å². The van der Waals surface area contributed by atoms with Gasteiger partial charge in [-0.05, 0) is 67.6 Å². The molecule has 0 aromatic heterocycles. The third-order valence-electron chi connectivity index (χ3n) is 7.31. The highest BCUT2D eigenvalue weighted by Gasteiger charge is 2.32. The molecule has 2 aromatic rings. The summed E-state index contributed by atoms with van der Waals surface area (Å²) in [6.07, 6.45) is 3.00. The molecule has 1 unspecified atom stereocenters. The Bertz CT molecular complexity index is 957. The minimum Gasteiger partial charge on any atom is -0.342 e. The fourth-order valence-electron chi connectivity index (χ4n) is 5.35. The van der Waals surface area contributed by atoms with Gasteiger partial charge in [-0.25, -0.2) is 4.79 Å². The van der Waals surface area contributed by atoms with Crippen molar-refractivity contribution >= 4 is 17.6 Å². The molecule has 6 heteroatoms. The van der Waals surface area contributed by atoms with Crippen LogP contribution in [0.5, 0.6) is 0 Å². The van der Waals surface area contributed by atoms with Gasteiger partial charge >= 0.3 is 6.03 Å². The monoisotopic (exact) mass is 432 g/mol. The zero-order valence-corrected chi connectivity index (χ0v) is 18.8. The highest BCUT2D eigenvalue weighted by atomic mass is 16.2. The Kier molecular flexibility index (Phi) is 5.87. The van der Waals surface area contributed by atoms with Crippen LogP contribution in [0.3, 0.4) is 0 Å². The van der Waals surface area contributed by atoms with Crippen molar-refractivity contribution < 1.29 is 9.59 Å². The fraction of sp³-hybridized carbons (Fsp3) is 0.462. The number of urea groups is 1. The number of hydrogen-bond acceptors (Lipinski definition) is 3. The number of nitrogens with zero attached hydrogens (tertiary/aromatic N) is 3. The molecule has 32 heavy (non-hydrogen) atoms. The lowest BCUT2D eigenvalue weighted by Crippen LogP contribution is -2.42. The summed E-state index contributed by atoms with van der Waals surface area (Å²) in [5.41, 5.74) is 4.57. The molecule has 2 saturated heterocycles. The molecule has 1 N–H and O–H groups in total. The van der Waals surface area contributed by atoms with Crippen molar-refractivity contribution in [2.45, 2.75) is 38.3 Å². The van der Waals surface area contributed by atoms with E-state index in [1.54, 1.807) is 0 Å². The van der Waals surface area contributed by atoms with Gasteiger partial charge in [-0.2, -0.15) is 0 Å². The summed E-state index contributed by atoms with van der Waals surface area (Å²) in [5.74, 6) is 1.00. The van der Waals surface area contributed by atoms with Gasteiger partial charge in [0.25, 0.3) is 0 Å². The van der Waals surface area contributed by atoms with E-state index >= 15 is 0 Å².